The number of carbonyl (C=O) groups is 2. The van der Waals surface area contributed by atoms with Crippen molar-refractivity contribution in [1.29, 1.82) is 0 Å². The van der Waals surface area contributed by atoms with Crippen molar-refractivity contribution in [3.05, 3.63) is 130 Å². The van der Waals surface area contributed by atoms with Crippen molar-refractivity contribution in [2.45, 2.75) is 69.5 Å². The minimum atomic E-state index is -4.20. The van der Waals surface area contributed by atoms with Crippen LogP contribution in [0.15, 0.2) is 108 Å². The number of carbonyl (C=O) groups excluding carboxylic acids is 2. The molecule has 0 unspecified atom stereocenters. The molecular weight excluding hydrogens is 618 g/mol. The van der Waals surface area contributed by atoms with Crippen molar-refractivity contribution in [3.8, 4) is 0 Å². The van der Waals surface area contributed by atoms with Crippen molar-refractivity contribution in [3.63, 3.8) is 0 Å². The van der Waals surface area contributed by atoms with Crippen LogP contribution in [0.3, 0.4) is 0 Å². The van der Waals surface area contributed by atoms with Crippen LogP contribution in [0.5, 0.6) is 0 Å². The van der Waals surface area contributed by atoms with E-state index in [2.05, 4.69) is 5.32 Å². The van der Waals surface area contributed by atoms with Gasteiger partial charge in [-0.1, -0.05) is 103 Å². The fraction of sp³-hybridized carbons (Fsp3) is 0.297. The standard InChI is InChI=1S/C37H40ClN3O4S/c1-27-11-10-15-30(23-27)25-40(35(24-29-13-4-3-5-14-29)37(43)39-32-16-7-8-17-32)36(42)26-41(34-18-9-6-12-28(34)2)46(44,45)33-21-19-31(38)20-22-33/h3-6,9-15,18-23,32,35H,7-8,16-17,24-26H2,1-2H3,(H,39,43)/t35-/m1/s1. The number of sulfonamides is 1. The maximum Gasteiger partial charge on any atom is 0.264 e. The highest BCUT2D eigenvalue weighted by Crippen LogP contribution is 2.28. The van der Waals surface area contributed by atoms with Crippen molar-refractivity contribution in [2.24, 2.45) is 0 Å². The van der Waals surface area contributed by atoms with E-state index in [9.17, 15) is 18.0 Å². The zero-order valence-corrected chi connectivity index (χ0v) is 27.8. The van der Waals surface area contributed by atoms with Crippen LogP contribution in [-0.2, 0) is 32.6 Å². The van der Waals surface area contributed by atoms with Crippen LogP contribution in [0, 0.1) is 13.8 Å². The molecule has 0 aromatic heterocycles. The van der Waals surface area contributed by atoms with Crippen LogP contribution < -0.4 is 9.62 Å². The lowest BCUT2D eigenvalue weighted by atomic mass is 10.0. The second-order valence-corrected chi connectivity index (χ2v) is 14.3. The number of rotatable bonds is 12. The lowest BCUT2D eigenvalue weighted by Gasteiger charge is -2.34. The second kappa shape index (κ2) is 15.0. The van der Waals surface area contributed by atoms with Gasteiger partial charge in [0.1, 0.15) is 12.6 Å². The van der Waals surface area contributed by atoms with Gasteiger partial charge in [-0.2, -0.15) is 0 Å². The number of amides is 2. The Morgan fingerprint density at radius 2 is 1.50 bits per heavy atom. The van der Waals surface area contributed by atoms with Gasteiger partial charge in [0.25, 0.3) is 10.0 Å². The molecule has 0 aliphatic heterocycles. The molecule has 5 rings (SSSR count). The summed E-state index contributed by atoms with van der Waals surface area (Å²) in [5.41, 5.74) is 3.85. The molecule has 0 heterocycles. The van der Waals surface area contributed by atoms with Gasteiger partial charge in [0.05, 0.1) is 10.6 Å². The van der Waals surface area contributed by atoms with Crippen LogP contribution in [0.2, 0.25) is 5.02 Å². The number of para-hydroxylation sites is 1. The van der Waals surface area contributed by atoms with E-state index in [-0.39, 0.29) is 29.8 Å². The monoisotopic (exact) mass is 657 g/mol. The molecule has 1 aliphatic carbocycles. The molecule has 1 aliphatic rings. The molecule has 7 nitrogen and oxygen atoms in total. The number of nitrogens with one attached hydrogen (secondary N) is 1. The first kappa shape index (κ1) is 33.2. The molecule has 0 bridgehead atoms. The van der Waals surface area contributed by atoms with E-state index >= 15 is 0 Å². The van der Waals surface area contributed by atoms with Gasteiger partial charge in [0, 0.05) is 24.0 Å². The van der Waals surface area contributed by atoms with Crippen molar-refractivity contribution in [2.75, 3.05) is 10.8 Å². The summed E-state index contributed by atoms with van der Waals surface area (Å²) in [7, 11) is -4.20. The molecule has 4 aromatic carbocycles. The second-order valence-electron chi connectivity index (χ2n) is 12.0. The zero-order valence-electron chi connectivity index (χ0n) is 26.2. The molecule has 0 saturated heterocycles. The number of nitrogens with zero attached hydrogens (tertiary/aromatic N) is 2. The molecule has 0 spiro atoms. The van der Waals surface area contributed by atoms with E-state index in [0.717, 1.165) is 46.7 Å². The van der Waals surface area contributed by atoms with Crippen LogP contribution in [-0.4, -0.2) is 43.8 Å². The Hall–Kier alpha value is -4.14. The molecule has 0 radical (unpaired) electrons. The van der Waals surface area contributed by atoms with Crippen molar-refractivity contribution in [1.82, 2.24) is 10.2 Å². The van der Waals surface area contributed by atoms with Crippen molar-refractivity contribution < 1.29 is 18.0 Å². The first-order chi connectivity index (χ1) is 22.1. The van der Waals surface area contributed by atoms with Gasteiger partial charge in [-0.3, -0.25) is 13.9 Å². The molecule has 46 heavy (non-hydrogen) atoms. The third-order valence-corrected chi connectivity index (χ3v) is 10.5. The molecule has 9 heteroatoms. The minimum Gasteiger partial charge on any atom is -0.352 e. The van der Waals surface area contributed by atoms with E-state index in [1.807, 2.05) is 80.6 Å². The Balaban J connectivity index is 1.57. The van der Waals surface area contributed by atoms with Crippen LogP contribution in [0.4, 0.5) is 5.69 Å². The third-order valence-electron chi connectivity index (χ3n) is 8.47. The molecular formula is C37H40ClN3O4S. The summed E-state index contributed by atoms with van der Waals surface area (Å²) in [5, 5.41) is 3.61. The molecule has 4 aromatic rings. The van der Waals surface area contributed by atoms with Crippen LogP contribution in [0.25, 0.3) is 0 Å². The number of anilines is 1. The smallest absolute Gasteiger partial charge is 0.264 e. The van der Waals surface area contributed by atoms with Gasteiger partial charge in [0.15, 0.2) is 0 Å². The molecule has 1 atom stereocenters. The normalized spacial score (nSPS) is 14.1. The van der Waals surface area contributed by atoms with E-state index in [1.165, 1.54) is 24.3 Å². The first-order valence-corrected chi connectivity index (χ1v) is 17.5. The summed E-state index contributed by atoms with van der Waals surface area (Å²) in [4.78, 5) is 30.3. The van der Waals surface area contributed by atoms with Gasteiger partial charge in [-0.15, -0.1) is 0 Å². The van der Waals surface area contributed by atoms with E-state index in [1.54, 1.807) is 17.0 Å². The number of aryl methyl sites for hydroxylation is 2. The first-order valence-electron chi connectivity index (χ1n) is 15.6. The molecule has 1 fully saturated rings. The SMILES string of the molecule is Cc1cccc(CN(C(=O)CN(c2ccccc2C)S(=O)(=O)c2ccc(Cl)cc2)[C@H](Cc2ccccc2)C(=O)NC2CCCC2)c1. The average molecular weight is 658 g/mol. The summed E-state index contributed by atoms with van der Waals surface area (Å²) in [6, 6.07) is 29.6. The van der Waals surface area contributed by atoms with Crippen molar-refractivity contribution >= 4 is 39.1 Å². The topological polar surface area (TPSA) is 86.8 Å². The molecule has 1 N–H and O–H groups in total. The quantitative estimate of drug-likeness (QED) is 0.181. The third kappa shape index (κ3) is 8.17. The summed E-state index contributed by atoms with van der Waals surface area (Å²) < 4.78 is 29.6. The largest absolute Gasteiger partial charge is 0.352 e. The van der Waals surface area contributed by atoms with E-state index < -0.39 is 28.5 Å². The summed E-state index contributed by atoms with van der Waals surface area (Å²) >= 11 is 6.08. The van der Waals surface area contributed by atoms with Gasteiger partial charge >= 0.3 is 0 Å². The van der Waals surface area contributed by atoms with Gasteiger partial charge in [-0.05, 0) is 73.7 Å². The molecule has 2 amide bonds. The van der Waals surface area contributed by atoms with Crippen LogP contribution >= 0.6 is 11.6 Å². The van der Waals surface area contributed by atoms with E-state index in [4.69, 9.17) is 11.6 Å². The van der Waals surface area contributed by atoms with Crippen LogP contribution in [0.1, 0.15) is 47.9 Å². The number of hydrogen-bond donors (Lipinski definition) is 1. The Labute approximate surface area is 277 Å². The summed E-state index contributed by atoms with van der Waals surface area (Å²) in [6.45, 7) is 3.42. The zero-order chi connectivity index (χ0) is 32.7. The van der Waals surface area contributed by atoms with Gasteiger partial charge in [-0.25, -0.2) is 8.42 Å². The predicted octanol–water partition coefficient (Wildman–Crippen LogP) is 6.85. The number of benzene rings is 4. The Morgan fingerprint density at radius 1 is 0.848 bits per heavy atom. The molecule has 240 valence electrons. The highest BCUT2D eigenvalue weighted by molar-refractivity contribution is 7.92. The summed E-state index contributed by atoms with van der Waals surface area (Å²) in [6.07, 6.45) is 4.18. The van der Waals surface area contributed by atoms with Gasteiger partial charge < -0.3 is 10.2 Å². The number of hydrogen-bond acceptors (Lipinski definition) is 4. The number of halogens is 1. The Morgan fingerprint density at radius 3 is 2.17 bits per heavy atom. The molecule has 1 saturated carbocycles. The average Bonchev–Trinajstić information content (AvgIpc) is 3.55. The summed E-state index contributed by atoms with van der Waals surface area (Å²) in [5.74, 6) is -0.718. The fourth-order valence-electron chi connectivity index (χ4n) is 6.02. The minimum absolute atomic E-state index is 0.0120. The van der Waals surface area contributed by atoms with E-state index in [0.29, 0.717) is 16.3 Å². The highest BCUT2D eigenvalue weighted by Gasteiger charge is 2.36. The lowest BCUT2D eigenvalue weighted by Crippen LogP contribution is -2.54. The Kier molecular flexibility index (Phi) is 10.8. The van der Waals surface area contributed by atoms with Gasteiger partial charge in [0.2, 0.25) is 11.8 Å². The predicted molar refractivity (Wildman–Crippen MR) is 183 cm³/mol. The maximum atomic E-state index is 14.7. The fourth-order valence-corrected chi connectivity index (χ4v) is 7.62. The highest BCUT2D eigenvalue weighted by atomic mass is 35.5. The lowest BCUT2D eigenvalue weighted by molar-refractivity contribution is -0.140. The maximum absolute atomic E-state index is 14.7. The Bertz CT molecular complexity index is 1760.